The number of para-hydroxylation sites is 1. The molecular weight excluding hydrogens is 406 g/mol. The lowest BCUT2D eigenvalue weighted by molar-refractivity contribution is -0.115. The van der Waals surface area contributed by atoms with E-state index in [1.807, 2.05) is 6.07 Å². The number of amides is 1. The molecule has 1 amide bonds. The van der Waals surface area contributed by atoms with Crippen molar-refractivity contribution in [3.8, 4) is 5.69 Å². The minimum Gasteiger partial charge on any atom is -0.462 e. The van der Waals surface area contributed by atoms with Gasteiger partial charge in [-0.15, -0.1) is 0 Å². The van der Waals surface area contributed by atoms with Gasteiger partial charge in [0.2, 0.25) is 5.91 Å². The number of aromatic nitrogens is 2. The first-order chi connectivity index (χ1) is 14.9. The minimum atomic E-state index is -0.702. The van der Waals surface area contributed by atoms with Crippen LogP contribution in [0.1, 0.15) is 35.8 Å². The lowest BCUT2D eigenvalue weighted by Crippen LogP contribution is -2.31. The molecule has 162 valence electrons. The van der Waals surface area contributed by atoms with Crippen molar-refractivity contribution in [2.24, 2.45) is 0 Å². The fourth-order valence-corrected chi connectivity index (χ4v) is 2.98. The number of ether oxygens (including phenoxy) is 1. The van der Waals surface area contributed by atoms with Crippen LogP contribution in [0, 0.1) is 11.6 Å². The van der Waals surface area contributed by atoms with Gasteiger partial charge in [0.05, 0.1) is 25.0 Å². The first kappa shape index (κ1) is 22.1. The van der Waals surface area contributed by atoms with E-state index in [1.54, 1.807) is 38.1 Å². The molecular formula is C22H22F2N4O3. The van der Waals surface area contributed by atoms with Gasteiger partial charge in [-0.1, -0.05) is 24.3 Å². The highest BCUT2D eigenvalue weighted by Gasteiger charge is 2.22. The molecule has 31 heavy (non-hydrogen) atoms. The second-order valence-corrected chi connectivity index (χ2v) is 6.69. The summed E-state index contributed by atoms with van der Waals surface area (Å²) in [6.07, 6.45) is 1.32. The average Bonchev–Trinajstić information content (AvgIpc) is 3.16. The third kappa shape index (κ3) is 5.32. The largest absolute Gasteiger partial charge is 0.462 e. The molecule has 0 spiro atoms. The van der Waals surface area contributed by atoms with E-state index in [0.717, 1.165) is 12.1 Å². The third-order valence-corrected chi connectivity index (χ3v) is 4.52. The molecule has 2 aromatic carbocycles. The first-order valence-corrected chi connectivity index (χ1v) is 9.69. The average molecular weight is 428 g/mol. The van der Waals surface area contributed by atoms with E-state index < -0.39 is 29.6 Å². The predicted molar refractivity (Wildman–Crippen MR) is 111 cm³/mol. The molecule has 0 aliphatic carbocycles. The van der Waals surface area contributed by atoms with Crippen molar-refractivity contribution in [1.29, 1.82) is 0 Å². The van der Waals surface area contributed by atoms with Gasteiger partial charge in [-0.3, -0.25) is 4.79 Å². The van der Waals surface area contributed by atoms with Gasteiger partial charge >= 0.3 is 5.97 Å². The first-order valence-electron chi connectivity index (χ1n) is 9.69. The van der Waals surface area contributed by atoms with Crippen LogP contribution in [0.4, 0.5) is 14.6 Å². The number of benzene rings is 2. The van der Waals surface area contributed by atoms with E-state index >= 15 is 0 Å². The smallest absolute Gasteiger partial charge is 0.343 e. The maximum atomic E-state index is 13.9. The number of hydrogen-bond acceptors (Lipinski definition) is 5. The Labute approximate surface area is 178 Å². The van der Waals surface area contributed by atoms with E-state index in [4.69, 9.17) is 4.74 Å². The number of esters is 1. The van der Waals surface area contributed by atoms with Gasteiger partial charge < -0.3 is 15.4 Å². The fraction of sp³-hybridized carbons (Fsp3) is 0.227. The molecule has 1 aromatic heterocycles. The second kappa shape index (κ2) is 9.94. The summed E-state index contributed by atoms with van der Waals surface area (Å²) in [5.74, 6) is -2.30. The molecule has 0 saturated heterocycles. The highest BCUT2D eigenvalue weighted by Crippen LogP contribution is 2.22. The van der Waals surface area contributed by atoms with Crippen molar-refractivity contribution < 1.29 is 23.1 Å². The Hall–Kier alpha value is -3.59. The number of rotatable bonds is 8. The molecule has 7 nitrogen and oxygen atoms in total. The fourth-order valence-electron chi connectivity index (χ4n) is 2.98. The van der Waals surface area contributed by atoms with Crippen LogP contribution in [0.15, 0.2) is 54.7 Å². The summed E-state index contributed by atoms with van der Waals surface area (Å²) in [5.41, 5.74) is 0.982. The Kier molecular flexibility index (Phi) is 7.09. The number of halogens is 2. The zero-order valence-corrected chi connectivity index (χ0v) is 17.1. The van der Waals surface area contributed by atoms with Crippen molar-refractivity contribution in [2.75, 3.05) is 18.5 Å². The molecule has 3 aromatic rings. The maximum Gasteiger partial charge on any atom is 0.343 e. The van der Waals surface area contributed by atoms with Crippen molar-refractivity contribution in [2.45, 2.75) is 19.9 Å². The summed E-state index contributed by atoms with van der Waals surface area (Å²) >= 11 is 0. The van der Waals surface area contributed by atoms with Gasteiger partial charge in [0.1, 0.15) is 17.2 Å². The quantitative estimate of drug-likeness (QED) is 0.536. The van der Waals surface area contributed by atoms with Gasteiger partial charge in [0.25, 0.3) is 0 Å². The summed E-state index contributed by atoms with van der Waals surface area (Å²) in [7, 11) is 0. The number of carbonyl (C=O) groups excluding carboxylic acids is 2. The van der Waals surface area contributed by atoms with Crippen LogP contribution in [0.5, 0.6) is 0 Å². The molecule has 1 unspecified atom stereocenters. The SMILES string of the molecule is CCOC(=O)c1cnn(-c2ccccc2)c1NC(=O)CNC(C)c1ccc(F)cc1F. The molecule has 1 heterocycles. The summed E-state index contributed by atoms with van der Waals surface area (Å²) in [5, 5.41) is 9.76. The molecule has 0 bridgehead atoms. The lowest BCUT2D eigenvalue weighted by atomic mass is 10.1. The zero-order valence-electron chi connectivity index (χ0n) is 17.1. The molecule has 0 saturated carbocycles. The molecule has 0 fully saturated rings. The monoisotopic (exact) mass is 428 g/mol. The van der Waals surface area contributed by atoms with E-state index in [1.165, 1.54) is 16.9 Å². The Morgan fingerprint density at radius 1 is 1.16 bits per heavy atom. The summed E-state index contributed by atoms with van der Waals surface area (Å²) in [4.78, 5) is 24.9. The summed E-state index contributed by atoms with van der Waals surface area (Å²) in [6.45, 7) is 3.32. The van der Waals surface area contributed by atoms with E-state index in [9.17, 15) is 18.4 Å². The molecule has 3 rings (SSSR count). The highest BCUT2D eigenvalue weighted by molar-refractivity contribution is 6.01. The van der Waals surface area contributed by atoms with Crippen LogP contribution < -0.4 is 10.6 Å². The molecule has 0 radical (unpaired) electrons. The Morgan fingerprint density at radius 2 is 1.90 bits per heavy atom. The van der Waals surface area contributed by atoms with Crippen LogP contribution >= 0.6 is 0 Å². The topological polar surface area (TPSA) is 85.2 Å². The van der Waals surface area contributed by atoms with Crippen LogP contribution in [0.3, 0.4) is 0 Å². The van der Waals surface area contributed by atoms with E-state index in [0.29, 0.717) is 5.69 Å². The van der Waals surface area contributed by atoms with Crippen molar-refractivity contribution in [1.82, 2.24) is 15.1 Å². The predicted octanol–water partition coefficient (Wildman–Crippen LogP) is 3.62. The standard InChI is InChI=1S/C22H22F2N4O3/c1-3-31-22(30)18-12-26-28(16-7-5-4-6-8-16)21(18)27-20(29)13-25-14(2)17-10-9-15(23)11-19(17)24/h4-12,14,25H,3,13H2,1-2H3,(H,27,29). The van der Waals surface area contributed by atoms with Gasteiger partial charge in [-0.2, -0.15) is 5.10 Å². The van der Waals surface area contributed by atoms with Crippen LogP contribution in [0.25, 0.3) is 5.69 Å². The highest BCUT2D eigenvalue weighted by atomic mass is 19.1. The van der Waals surface area contributed by atoms with Gasteiger partial charge in [0.15, 0.2) is 5.82 Å². The zero-order chi connectivity index (χ0) is 22.4. The Morgan fingerprint density at radius 3 is 2.58 bits per heavy atom. The van der Waals surface area contributed by atoms with Crippen molar-refractivity contribution in [3.63, 3.8) is 0 Å². The van der Waals surface area contributed by atoms with Gasteiger partial charge in [0, 0.05) is 17.7 Å². The molecule has 0 aliphatic rings. The van der Waals surface area contributed by atoms with Crippen LogP contribution in [-0.4, -0.2) is 34.8 Å². The van der Waals surface area contributed by atoms with Crippen LogP contribution in [-0.2, 0) is 9.53 Å². The maximum absolute atomic E-state index is 13.9. The lowest BCUT2D eigenvalue weighted by Gasteiger charge is -2.16. The Bertz CT molecular complexity index is 1070. The molecule has 0 aliphatic heterocycles. The second-order valence-electron chi connectivity index (χ2n) is 6.69. The third-order valence-electron chi connectivity index (χ3n) is 4.52. The van der Waals surface area contributed by atoms with Crippen molar-refractivity contribution in [3.05, 3.63) is 77.5 Å². The normalized spacial score (nSPS) is 11.7. The number of hydrogen-bond donors (Lipinski definition) is 2. The number of carbonyl (C=O) groups is 2. The van der Waals surface area contributed by atoms with Crippen molar-refractivity contribution >= 4 is 17.7 Å². The number of nitrogens with one attached hydrogen (secondary N) is 2. The van der Waals surface area contributed by atoms with E-state index in [2.05, 4.69) is 15.7 Å². The number of anilines is 1. The van der Waals surface area contributed by atoms with Gasteiger partial charge in [-0.05, 0) is 32.0 Å². The van der Waals surface area contributed by atoms with Gasteiger partial charge in [-0.25, -0.2) is 18.3 Å². The van der Waals surface area contributed by atoms with Crippen LogP contribution in [0.2, 0.25) is 0 Å². The van der Waals surface area contributed by atoms with E-state index in [-0.39, 0.29) is 30.1 Å². The molecule has 2 N–H and O–H groups in total. The molecule has 1 atom stereocenters. The minimum absolute atomic E-state index is 0.108. The summed E-state index contributed by atoms with van der Waals surface area (Å²) < 4.78 is 33.5. The summed E-state index contributed by atoms with van der Waals surface area (Å²) in [6, 6.07) is 11.7. The molecule has 9 heteroatoms. The number of nitrogens with zero attached hydrogens (tertiary/aromatic N) is 2. The Balaban J connectivity index is 1.76.